The van der Waals surface area contributed by atoms with Crippen LogP contribution in [0.3, 0.4) is 0 Å². The molecule has 1 nitrogen and oxygen atoms in total. The topological polar surface area (TPSA) is 9.23 Å². The maximum absolute atomic E-state index is 5.87. The van der Waals surface area contributed by atoms with E-state index in [1.54, 1.807) is 12.8 Å². The molecule has 5 atom stereocenters. The van der Waals surface area contributed by atoms with Gasteiger partial charge in [-0.25, -0.2) is 0 Å². The first-order valence-corrected chi connectivity index (χ1v) is 6.86. The molecule has 0 aromatic heterocycles. The van der Waals surface area contributed by atoms with Crippen molar-refractivity contribution in [2.24, 2.45) is 11.3 Å². The monoisotopic (exact) mass is 263 g/mol. The van der Waals surface area contributed by atoms with Crippen molar-refractivity contribution in [1.29, 1.82) is 0 Å². The Hall–Kier alpha value is 0.690. The summed E-state index contributed by atoms with van der Waals surface area (Å²) in [6.45, 7) is 3.62. The van der Waals surface area contributed by atoms with Crippen molar-refractivity contribution in [3.05, 3.63) is 0 Å². The third kappa shape index (κ3) is 0.404. The summed E-state index contributed by atoms with van der Waals surface area (Å²) in [4.78, 5) is 0. The van der Waals surface area contributed by atoms with Gasteiger partial charge in [0.15, 0.2) is 0 Å². The molecule has 2 heteroatoms. The van der Waals surface area contributed by atoms with Gasteiger partial charge in [-0.15, -0.1) is 0 Å². The van der Waals surface area contributed by atoms with E-state index in [4.69, 9.17) is 4.74 Å². The molecular weight excluding hydrogens is 251 g/mol. The number of hydrogen-bond acceptors (Lipinski definition) is 1. The summed E-state index contributed by atoms with van der Waals surface area (Å²) in [5.74, 6) is 0.996. The van der Waals surface area contributed by atoms with Gasteiger partial charge in [0.2, 0.25) is 0 Å². The molecule has 2 saturated carbocycles. The zero-order valence-electron chi connectivity index (χ0n) is 6.64. The summed E-state index contributed by atoms with van der Waals surface area (Å²) in [5.41, 5.74) is 0.769. The van der Waals surface area contributed by atoms with E-state index < -0.39 is 0 Å². The Kier molecular flexibility index (Phi) is 0.793. The molecule has 2 bridgehead atoms. The molecule has 2 aliphatic heterocycles. The molecular formula is C9H12IO-. The fourth-order valence-electron chi connectivity index (χ4n) is 3.99. The van der Waals surface area contributed by atoms with Crippen LogP contribution >= 0.6 is 0 Å². The van der Waals surface area contributed by atoms with E-state index in [1.807, 2.05) is 0 Å². The SMILES string of the molecule is CC12[I-]C3CC4COC1C42C3. The van der Waals surface area contributed by atoms with Crippen LogP contribution in [0.2, 0.25) is 0 Å². The van der Waals surface area contributed by atoms with Gasteiger partial charge in [0.25, 0.3) is 0 Å². The van der Waals surface area contributed by atoms with E-state index in [-0.39, 0.29) is 0 Å². The first kappa shape index (κ1) is 6.19. The summed E-state index contributed by atoms with van der Waals surface area (Å²) in [6.07, 6.45) is 3.84. The molecule has 11 heavy (non-hydrogen) atoms. The van der Waals surface area contributed by atoms with Crippen LogP contribution in [0.15, 0.2) is 0 Å². The third-order valence-electron chi connectivity index (χ3n) is 4.46. The van der Waals surface area contributed by atoms with E-state index >= 15 is 0 Å². The average Bonchev–Trinajstić information content (AvgIpc) is 2.35. The van der Waals surface area contributed by atoms with Gasteiger partial charge in [-0.1, -0.05) is 0 Å². The molecule has 0 aromatic rings. The normalized spacial score (nSPS) is 76.3. The van der Waals surface area contributed by atoms with Crippen molar-refractivity contribution in [3.8, 4) is 0 Å². The molecule has 0 radical (unpaired) electrons. The standard InChI is InChI=1S/C9H12IO/c1-8-7-9(8)3-6(10-8)2-5(9)4-11-7/h5-7H,2-4H2,1H3/q-1. The zero-order valence-corrected chi connectivity index (χ0v) is 8.80. The van der Waals surface area contributed by atoms with Gasteiger partial charge >= 0.3 is 77.1 Å². The molecule has 4 rings (SSSR count). The Morgan fingerprint density at radius 2 is 2.45 bits per heavy atom. The fourth-order valence-corrected chi connectivity index (χ4v) is 10.1. The van der Waals surface area contributed by atoms with Gasteiger partial charge in [-0.3, -0.25) is 0 Å². The number of fused-ring (bicyclic) bond motifs is 2. The fraction of sp³-hybridized carbons (Fsp3) is 1.00. The quantitative estimate of drug-likeness (QED) is 0.364. The molecule has 62 valence electrons. The van der Waals surface area contributed by atoms with E-state index in [0.717, 1.165) is 27.5 Å². The Bertz CT molecular complexity index is 250. The van der Waals surface area contributed by atoms with Gasteiger partial charge in [-0.05, 0) is 0 Å². The number of rotatable bonds is 0. The van der Waals surface area contributed by atoms with Gasteiger partial charge in [0.05, 0.1) is 0 Å². The number of alkyl halides is 2. The summed E-state index contributed by atoms with van der Waals surface area (Å²) in [5, 5.41) is 0. The summed E-state index contributed by atoms with van der Waals surface area (Å²) in [6, 6.07) is 0. The van der Waals surface area contributed by atoms with E-state index in [0.29, 0.717) is 21.2 Å². The first-order valence-electron chi connectivity index (χ1n) is 4.53. The molecule has 2 heterocycles. The van der Waals surface area contributed by atoms with E-state index in [9.17, 15) is 0 Å². The van der Waals surface area contributed by atoms with E-state index in [2.05, 4.69) is 6.92 Å². The van der Waals surface area contributed by atoms with Crippen LogP contribution in [0.25, 0.3) is 0 Å². The van der Waals surface area contributed by atoms with E-state index in [1.165, 1.54) is 3.92 Å². The predicted molar refractivity (Wildman–Crippen MR) is 37.1 cm³/mol. The second-order valence-electron chi connectivity index (χ2n) is 4.67. The second kappa shape index (κ2) is 1.41. The Balaban J connectivity index is 1.95. The third-order valence-corrected chi connectivity index (χ3v) is 9.15. The molecule has 1 spiro atoms. The molecule has 2 aliphatic carbocycles. The first-order chi connectivity index (χ1) is 5.27. The van der Waals surface area contributed by atoms with Gasteiger partial charge < -0.3 is 0 Å². The van der Waals surface area contributed by atoms with Crippen molar-refractivity contribution in [2.45, 2.75) is 33.2 Å². The summed E-state index contributed by atoms with van der Waals surface area (Å²) in [7, 11) is 0. The molecule has 4 fully saturated rings. The molecule has 0 amide bonds. The summed E-state index contributed by atoms with van der Waals surface area (Å²) >= 11 is 0.503. The number of halogens is 1. The number of ether oxygens (including phenoxy) is 1. The van der Waals surface area contributed by atoms with Gasteiger partial charge in [-0.2, -0.15) is 0 Å². The summed E-state index contributed by atoms with van der Waals surface area (Å²) < 4.78 is 7.83. The second-order valence-corrected chi connectivity index (χ2v) is 9.30. The van der Waals surface area contributed by atoms with Crippen LogP contribution in [-0.4, -0.2) is 20.1 Å². The van der Waals surface area contributed by atoms with Gasteiger partial charge in [0, 0.05) is 0 Å². The van der Waals surface area contributed by atoms with Crippen molar-refractivity contribution >= 4 is 0 Å². The Labute approximate surface area is 77.1 Å². The average molecular weight is 263 g/mol. The molecule has 2 saturated heterocycles. The minimum atomic E-state index is 0.503. The zero-order chi connectivity index (χ0) is 7.27. The molecule has 4 aliphatic rings. The van der Waals surface area contributed by atoms with Crippen molar-refractivity contribution in [2.75, 3.05) is 6.61 Å². The van der Waals surface area contributed by atoms with Crippen LogP contribution in [0, 0.1) is 11.3 Å². The molecule has 0 N–H and O–H groups in total. The number of hydrogen-bond donors (Lipinski definition) is 0. The van der Waals surface area contributed by atoms with Crippen molar-refractivity contribution in [3.63, 3.8) is 0 Å². The predicted octanol–water partition coefficient (Wildman–Crippen LogP) is -1.97. The maximum atomic E-state index is 5.87. The minimum absolute atomic E-state index is 0.503. The van der Waals surface area contributed by atoms with Crippen molar-refractivity contribution < 1.29 is 25.9 Å². The van der Waals surface area contributed by atoms with Crippen LogP contribution in [-0.2, 0) is 4.74 Å². The van der Waals surface area contributed by atoms with Crippen LogP contribution in [0.5, 0.6) is 0 Å². The van der Waals surface area contributed by atoms with Gasteiger partial charge in [0.1, 0.15) is 0 Å². The van der Waals surface area contributed by atoms with Crippen molar-refractivity contribution in [1.82, 2.24) is 0 Å². The molecule has 0 aromatic carbocycles. The Morgan fingerprint density at radius 3 is 3.18 bits per heavy atom. The van der Waals surface area contributed by atoms with Crippen LogP contribution in [0.1, 0.15) is 19.8 Å². The Morgan fingerprint density at radius 1 is 1.55 bits per heavy atom. The van der Waals surface area contributed by atoms with Crippen LogP contribution < -0.4 is 21.2 Å². The van der Waals surface area contributed by atoms with Crippen LogP contribution in [0.4, 0.5) is 0 Å². The molecule has 5 unspecified atom stereocenters.